The Labute approximate surface area is 129 Å². The van der Waals surface area contributed by atoms with Gasteiger partial charge in [0.2, 0.25) is 0 Å². The van der Waals surface area contributed by atoms with Crippen LogP contribution < -0.4 is 5.32 Å². The summed E-state index contributed by atoms with van der Waals surface area (Å²) in [7, 11) is 0. The Morgan fingerprint density at radius 1 is 1.19 bits per heavy atom. The van der Waals surface area contributed by atoms with Crippen LogP contribution in [0.5, 0.6) is 0 Å². The molecule has 0 aliphatic rings. The summed E-state index contributed by atoms with van der Waals surface area (Å²) in [5.74, 6) is -0.212. The Morgan fingerprint density at radius 3 is 2.81 bits per heavy atom. The Kier molecular flexibility index (Phi) is 3.79. The lowest BCUT2D eigenvalue weighted by molar-refractivity contribution is 0.102. The standard InChI is InChI=1S/C15H11BrN4O/c16-12-7-11(8-18-9-12)15(21)19-13-3-1-2-4-14(13)20-6-5-17-10-20/h1-10H,(H,19,21). The zero-order valence-electron chi connectivity index (χ0n) is 10.9. The Hall–Kier alpha value is -2.47. The molecule has 21 heavy (non-hydrogen) atoms. The van der Waals surface area contributed by atoms with E-state index >= 15 is 0 Å². The predicted octanol–water partition coefficient (Wildman–Crippen LogP) is 3.28. The smallest absolute Gasteiger partial charge is 0.257 e. The Bertz CT molecular complexity index is 771. The number of pyridine rings is 1. The molecule has 5 nitrogen and oxygen atoms in total. The molecule has 0 aliphatic carbocycles. The second-order valence-electron chi connectivity index (χ2n) is 4.33. The van der Waals surface area contributed by atoms with E-state index in [9.17, 15) is 4.79 Å². The molecule has 0 fully saturated rings. The number of aromatic nitrogens is 3. The summed E-state index contributed by atoms with van der Waals surface area (Å²) >= 11 is 3.31. The van der Waals surface area contributed by atoms with Crippen molar-refractivity contribution < 1.29 is 4.79 Å². The van der Waals surface area contributed by atoms with Gasteiger partial charge in [0.15, 0.2) is 0 Å². The topological polar surface area (TPSA) is 59.8 Å². The maximum atomic E-state index is 12.3. The third-order valence-electron chi connectivity index (χ3n) is 2.90. The van der Waals surface area contributed by atoms with Gasteiger partial charge in [-0.3, -0.25) is 9.78 Å². The third kappa shape index (κ3) is 3.00. The number of halogens is 1. The number of benzene rings is 1. The average molecular weight is 343 g/mol. The van der Waals surface area contributed by atoms with Gasteiger partial charge in [-0.1, -0.05) is 12.1 Å². The Balaban J connectivity index is 1.90. The molecule has 3 rings (SSSR count). The minimum absolute atomic E-state index is 0.212. The van der Waals surface area contributed by atoms with Crippen molar-refractivity contribution in [2.75, 3.05) is 5.32 Å². The normalized spacial score (nSPS) is 10.3. The van der Waals surface area contributed by atoms with Gasteiger partial charge in [-0.25, -0.2) is 4.98 Å². The minimum Gasteiger partial charge on any atom is -0.320 e. The molecule has 0 saturated carbocycles. The number of rotatable bonds is 3. The summed E-state index contributed by atoms with van der Waals surface area (Å²) in [6, 6.07) is 9.26. The second-order valence-corrected chi connectivity index (χ2v) is 5.25. The molecule has 0 atom stereocenters. The molecule has 0 radical (unpaired) electrons. The van der Waals surface area contributed by atoms with Gasteiger partial charge >= 0.3 is 0 Å². The molecule has 2 heterocycles. The Morgan fingerprint density at radius 2 is 2.05 bits per heavy atom. The number of anilines is 1. The van der Waals surface area contributed by atoms with Crippen LogP contribution in [-0.2, 0) is 0 Å². The fourth-order valence-electron chi connectivity index (χ4n) is 1.94. The first-order chi connectivity index (χ1) is 10.2. The predicted molar refractivity (Wildman–Crippen MR) is 83.5 cm³/mol. The van der Waals surface area contributed by atoms with Gasteiger partial charge in [-0.15, -0.1) is 0 Å². The van der Waals surface area contributed by atoms with Gasteiger partial charge in [0, 0.05) is 29.3 Å². The zero-order valence-corrected chi connectivity index (χ0v) is 12.5. The largest absolute Gasteiger partial charge is 0.320 e. The highest BCUT2D eigenvalue weighted by Gasteiger charge is 2.10. The van der Waals surface area contributed by atoms with E-state index in [1.54, 1.807) is 24.8 Å². The molecule has 3 aromatic rings. The number of carbonyl (C=O) groups is 1. The molecule has 104 valence electrons. The number of hydrogen-bond donors (Lipinski definition) is 1. The van der Waals surface area contributed by atoms with E-state index in [4.69, 9.17) is 0 Å². The van der Waals surface area contributed by atoms with E-state index < -0.39 is 0 Å². The van der Waals surface area contributed by atoms with Crippen LogP contribution in [0, 0.1) is 0 Å². The van der Waals surface area contributed by atoms with Crippen molar-refractivity contribution in [1.29, 1.82) is 0 Å². The maximum absolute atomic E-state index is 12.3. The fourth-order valence-corrected chi connectivity index (χ4v) is 2.30. The summed E-state index contributed by atoms with van der Waals surface area (Å²) in [5, 5.41) is 2.89. The number of nitrogens with one attached hydrogen (secondary N) is 1. The highest BCUT2D eigenvalue weighted by atomic mass is 79.9. The summed E-state index contributed by atoms with van der Waals surface area (Å²) in [6.45, 7) is 0. The van der Waals surface area contributed by atoms with Crippen molar-refractivity contribution in [3.63, 3.8) is 0 Å². The van der Waals surface area contributed by atoms with Crippen LogP contribution in [0.1, 0.15) is 10.4 Å². The van der Waals surface area contributed by atoms with Crippen molar-refractivity contribution in [1.82, 2.24) is 14.5 Å². The summed E-state index contributed by atoms with van der Waals surface area (Å²) < 4.78 is 2.60. The second kappa shape index (κ2) is 5.88. The number of carbonyl (C=O) groups excluding carboxylic acids is 1. The quantitative estimate of drug-likeness (QED) is 0.794. The molecule has 1 amide bonds. The molecule has 2 aromatic heterocycles. The van der Waals surface area contributed by atoms with E-state index in [2.05, 4.69) is 31.2 Å². The first kappa shape index (κ1) is 13.5. The molecule has 6 heteroatoms. The highest BCUT2D eigenvalue weighted by molar-refractivity contribution is 9.10. The molecule has 0 unspecified atom stereocenters. The van der Waals surface area contributed by atoms with Crippen LogP contribution in [0.4, 0.5) is 5.69 Å². The maximum Gasteiger partial charge on any atom is 0.257 e. The molecular formula is C15H11BrN4O. The first-order valence-electron chi connectivity index (χ1n) is 6.23. The molecule has 1 aromatic carbocycles. The molecule has 1 N–H and O–H groups in total. The van der Waals surface area contributed by atoms with Crippen LogP contribution in [0.2, 0.25) is 0 Å². The number of hydrogen-bond acceptors (Lipinski definition) is 3. The van der Waals surface area contributed by atoms with Crippen molar-refractivity contribution in [2.45, 2.75) is 0 Å². The lowest BCUT2D eigenvalue weighted by Crippen LogP contribution is -2.13. The number of para-hydroxylation sites is 2. The summed E-state index contributed by atoms with van der Waals surface area (Å²) in [4.78, 5) is 20.3. The van der Waals surface area contributed by atoms with Crippen LogP contribution >= 0.6 is 15.9 Å². The monoisotopic (exact) mass is 342 g/mol. The number of imidazole rings is 1. The van der Waals surface area contributed by atoms with E-state index in [-0.39, 0.29) is 5.91 Å². The van der Waals surface area contributed by atoms with Crippen molar-refractivity contribution >= 4 is 27.5 Å². The summed E-state index contributed by atoms with van der Waals surface area (Å²) in [6.07, 6.45) is 8.37. The highest BCUT2D eigenvalue weighted by Crippen LogP contribution is 2.20. The molecule has 0 aliphatic heterocycles. The van der Waals surface area contributed by atoms with Crippen molar-refractivity contribution in [3.05, 3.63) is 71.5 Å². The average Bonchev–Trinajstić information content (AvgIpc) is 3.02. The summed E-state index contributed by atoms with van der Waals surface area (Å²) in [5.41, 5.74) is 2.05. The number of nitrogens with zero attached hydrogens (tertiary/aromatic N) is 3. The van der Waals surface area contributed by atoms with E-state index in [1.165, 1.54) is 6.20 Å². The van der Waals surface area contributed by atoms with Gasteiger partial charge in [0.05, 0.1) is 23.3 Å². The number of amides is 1. The van der Waals surface area contributed by atoms with Crippen LogP contribution in [0.25, 0.3) is 5.69 Å². The SMILES string of the molecule is O=C(Nc1ccccc1-n1ccnc1)c1cncc(Br)c1. The lowest BCUT2D eigenvalue weighted by atomic mass is 10.2. The van der Waals surface area contributed by atoms with Crippen molar-refractivity contribution in [3.8, 4) is 5.69 Å². The fraction of sp³-hybridized carbons (Fsp3) is 0. The molecule has 0 saturated heterocycles. The third-order valence-corrected chi connectivity index (χ3v) is 3.34. The van der Waals surface area contributed by atoms with Crippen LogP contribution in [0.15, 0.2) is 65.9 Å². The zero-order chi connectivity index (χ0) is 14.7. The van der Waals surface area contributed by atoms with Gasteiger partial charge in [0.25, 0.3) is 5.91 Å². The molecular weight excluding hydrogens is 332 g/mol. The van der Waals surface area contributed by atoms with Gasteiger partial charge < -0.3 is 9.88 Å². The lowest BCUT2D eigenvalue weighted by Gasteiger charge is -2.11. The van der Waals surface area contributed by atoms with Crippen molar-refractivity contribution in [2.24, 2.45) is 0 Å². The van der Waals surface area contributed by atoms with E-state index in [0.717, 1.165) is 10.2 Å². The van der Waals surface area contributed by atoms with Gasteiger partial charge in [0.1, 0.15) is 0 Å². The van der Waals surface area contributed by atoms with E-state index in [1.807, 2.05) is 35.0 Å². The molecule has 0 spiro atoms. The van der Waals surface area contributed by atoms with Crippen LogP contribution in [0.3, 0.4) is 0 Å². The molecule has 0 bridgehead atoms. The minimum atomic E-state index is -0.212. The van der Waals surface area contributed by atoms with Crippen LogP contribution in [-0.4, -0.2) is 20.4 Å². The van der Waals surface area contributed by atoms with Gasteiger partial charge in [-0.2, -0.15) is 0 Å². The van der Waals surface area contributed by atoms with E-state index in [0.29, 0.717) is 11.3 Å². The van der Waals surface area contributed by atoms with Gasteiger partial charge in [-0.05, 0) is 34.1 Å². The first-order valence-corrected chi connectivity index (χ1v) is 7.02.